The maximum atomic E-state index is 6.03. The van der Waals surface area contributed by atoms with Gasteiger partial charge in [-0.15, -0.1) is 0 Å². The zero-order valence-electron chi connectivity index (χ0n) is 6.29. The molecular weight excluding hydrogens is 142 g/mol. The van der Waals surface area contributed by atoms with Crippen LogP contribution in [0.15, 0.2) is 10.9 Å². The summed E-state index contributed by atoms with van der Waals surface area (Å²) in [6.07, 6.45) is 5.67. The molecule has 1 aliphatic carbocycles. The van der Waals surface area contributed by atoms with Crippen LogP contribution in [0.2, 0.25) is 0 Å². The quantitative estimate of drug-likeness (QED) is 0.648. The maximum Gasteiger partial charge on any atom is 0.246 e. The first-order chi connectivity index (χ1) is 5.31. The standard InChI is InChI=1S/C7H11N3O/c8-7(3-1-2-4-7)6-9-5-10-11-6/h5H,1-4,8H2. The molecule has 1 heterocycles. The third kappa shape index (κ3) is 1.03. The lowest BCUT2D eigenvalue weighted by Crippen LogP contribution is -2.33. The van der Waals surface area contributed by atoms with Crippen molar-refractivity contribution in [3.63, 3.8) is 0 Å². The molecule has 0 aromatic carbocycles. The van der Waals surface area contributed by atoms with E-state index in [1.54, 1.807) is 0 Å². The van der Waals surface area contributed by atoms with Crippen LogP contribution in [0.25, 0.3) is 0 Å². The average Bonchev–Trinajstić information content (AvgIpc) is 2.55. The first-order valence-corrected chi connectivity index (χ1v) is 3.87. The van der Waals surface area contributed by atoms with Crippen molar-refractivity contribution in [2.45, 2.75) is 31.2 Å². The van der Waals surface area contributed by atoms with Gasteiger partial charge in [0.1, 0.15) is 0 Å². The Balaban J connectivity index is 2.27. The van der Waals surface area contributed by atoms with Crippen LogP contribution in [0, 0.1) is 0 Å². The summed E-state index contributed by atoms with van der Waals surface area (Å²) < 4.78 is 4.93. The second-order valence-electron chi connectivity index (χ2n) is 3.11. The van der Waals surface area contributed by atoms with Crippen molar-refractivity contribution in [1.29, 1.82) is 0 Å². The topological polar surface area (TPSA) is 64.9 Å². The van der Waals surface area contributed by atoms with Crippen LogP contribution in [0.3, 0.4) is 0 Å². The predicted molar refractivity (Wildman–Crippen MR) is 38.6 cm³/mol. The first kappa shape index (κ1) is 6.79. The van der Waals surface area contributed by atoms with Crippen molar-refractivity contribution in [2.24, 2.45) is 5.73 Å². The number of hydrogen-bond donors (Lipinski definition) is 1. The van der Waals surface area contributed by atoms with Gasteiger partial charge in [-0.3, -0.25) is 0 Å². The van der Waals surface area contributed by atoms with Crippen molar-refractivity contribution in [2.75, 3.05) is 0 Å². The zero-order valence-corrected chi connectivity index (χ0v) is 6.29. The van der Waals surface area contributed by atoms with E-state index in [1.165, 1.54) is 19.2 Å². The van der Waals surface area contributed by atoms with Crippen molar-refractivity contribution in [1.82, 2.24) is 10.1 Å². The van der Waals surface area contributed by atoms with E-state index in [-0.39, 0.29) is 5.54 Å². The molecule has 1 aromatic heterocycles. The lowest BCUT2D eigenvalue weighted by molar-refractivity contribution is 0.285. The molecule has 11 heavy (non-hydrogen) atoms. The minimum atomic E-state index is -0.323. The minimum absolute atomic E-state index is 0.323. The molecule has 0 atom stereocenters. The Bertz CT molecular complexity index is 226. The summed E-state index contributed by atoms with van der Waals surface area (Å²) in [4.78, 5) is 3.97. The SMILES string of the molecule is NC1(c2ncno2)CCCC1. The Morgan fingerprint density at radius 3 is 2.73 bits per heavy atom. The van der Waals surface area contributed by atoms with Gasteiger partial charge < -0.3 is 10.3 Å². The van der Waals surface area contributed by atoms with E-state index in [0.717, 1.165) is 12.8 Å². The molecule has 1 aliphatic rings. The van der Waals surface area contributed by atoms with Crippen molar-refractivity contribution in [3.8, 4) is 0 Å². The lowest BCUT2D eigenvalue weighted by atomic mass is 10.00. The highest BCUT2D eigenvalue weighted by Gasteiger charge is 2.35. The smallest absolute Gasteiger partial charge is 0.246 e. The number of aromatic nitrogens is 2. The molecule has 0 spiro atoms. The number of nitrogens with zero attached hydrogens (tertiary/aromatic N) is 2. The second-order valence-corrected chi connectivity index (χ2v) is 3.11. The van der Waals surface area contributed by atoms with Crippen LogP contribution >= 0.6 is 0 Å². The van der Waals surface area contributed by atoms with Crippen molar-refractivity contribution in [3.05, 3.63) is 12.2 Å². The van der Waals surface area contributed by atoms with Gasteiger partial charge in [-0.05, 0) is 12.8 Å². The van der Waals surface area contributed by atoms with E-state index >= 15 is 0 Å². The molecule has 0 radical (unpaired) electrons. The molecule has 1 saturated carbocycles. The van der Waals surface area contributed by atoms with Crippen molar-refractivity contribution >= 4 is 0 Å². The number of nitrogens with two attached hydrogens (primary N) is 1. The van der Waals surface area contributed by atoms with Gasteiger partial charge in [0.2, 0.25) is 5.89 Å². The maximum absolute atomic E-state index is 6.03. The Labute approximate surface area is 64.8 Å². The van der Waals surface area contributed by atoms with E-state index in [1.807, 2.05) is 0 Å². The molecule has 0 bridgehead atoms. The van der Waals surface area contributed by atoms with Gasteiger partial charge in [0.25, 0.3) is 0 Å². The summed E-state index contributed by atoms with van der Waals surface area (Å²) in [5.41, 5.74) is 5.71. The molecule has 60 valence electrons. The van der Waals surface area contributed by atoms with Crippen LogP contribution in [0.1, 0.15) is 31.6 Å². The van der Waals surface area contributed by atoms with Crippen LogP contribution in [0.4, 0.5) is 0 Å². The third-order valence-corrected chi connectivity index (χ3v) is 2.28. The summed E-state index contributed by atoms with van der Waals surface area (Å²) in [6, 6.07) is 0. The summed E-state index contributed by atoms with van der Waals surface area (Å²) >= 11 is 0. The summed E-state index contributed by atoms with van der Waals surface area (Å²) in [5, 5.41) is 3.55. The largest absolute Gasteiger partial charge is 0.338 e. The second kappa shape index (κ2) is 2.30. The molecule has 2 N–H and O–H groups in total. The molecule has 4 nitrogen and oxygen atoms in total. The van der Waals surface area contributed by atoms with E-state index in [4.69, 9.17) is 10.3 Å². The third-order valence-electron chi connectivity index (χ3n) is 2.28. The molecule has 2 rings (SSSR count). The number of rotatable bonds is 1. The highest BCUT2D eigenvalue weighted by atomic mass is 16.5. The monoisotopic (exact) mass is 153 g/mol. The fourth-order valence-corrected chi connectivity index (χ4v) is 1.61. The van der Waals surface area contributed by atoms with E-state index in [2.05, 4.69) is 10.1 Å². The Morgan fingerprint density at radius 1 is 1.45 bits per heavy atom. The zero-order chi connectivity index (χ0) is 7.73. The van der Waals surface area contributed by atoms with Gasteiger partial charge >= 0.3 is 0 Å². The summed E-state index contributed by atoms with van der Waals surface area (Å²) in [5.74, 6) is 0.593. The molecule has 0 amide bonds. The van der Waals surface area contributed by atoms with Gasteiger partial charge in [0, 0.05) is 0 Å². The highest BCUT2D eigenvalue weighted by molar-refractivity contribution is 5.02. The Hall–Kier alpha value is -0.900. The van der Waals surface area contributed by atoms with Crippen LogP contribution < -0.4 is 5.73 Å². The van der Waals surface area contributed by atoms with Gasteiger partial charge in [0.15, 0.2) is 6.33 Å². The van der Waals surface area contributed by atoms with Crippen LogP contribution in [0.5, 0.6) is 0 Å². The summed E-state index contributed by atoms with van der Waals surface area (Å²) in [6.45, 7) is 0. The van der Waals surface area contributed by atoms with E-state index < -0.39 is 0 Å². The van der Waals surface area contributed by atoms with Gasteiger partial charge in [-0.25, -0.2) is 0 Å². The van der Waals surface area contributed by atoms with E-state index in [9.17, 15) is 0 Å². The fourth-order valence-electron chi connectivity index (χ4n) is 1.61. The Morgan fingerprint density at radius 2 is 2.18 bits per heavy atom. The Kier molecular flexibility index (Phi) is 1.42. The van der Waals surface area contributed by atoms with Gasteiger partial charge in [-0.2, -0.15) is 4.98 Å². The molecule has 0 aliphatic heterocycles. The normalized spacial score (nSPS) is 22.3. The molecular formula is C7H11N3O. The van der Waals surface area contributed by atoms with E-state index in [0.29, 0.717) is 5.89 Å². The van der Waals surface area contributed by atoms with Crippen LogP contribution in [-0.4, -0.2) is 10.1 Å². The van der Waals surface area contributed by atoms with Gasteiger partial charge in [0.05, 0.1) is 5.54 Å². The van der Waals surface area contributed by atoms with Crippen molar-refractivity contribution < 1.29 is 4.52 Å². The molecule has 4 heteroatoms. The summed E-state index contributed by atoms with van der Waals surface area (Å²) in [7, 11) is 0. The minimum Gasteiger partial charge on any atom is -0.338 e. The molecule has 0 saturated heterocycles. The lowest BCUT2D eigenvalue weighted by Gasteiger charge is -2.16. The molecule has 0 unspecified atom stereocenters. The molecule has 1 fully saturated rings. The fraction of sp³-hybridized carbons (Fsp3) is 0.714. The van der Waals surface area contributed by atoms with Gasteiger partial charge in [-0.1, -0.05) is 18.0 Å². The highest BCUT2D eigenvalue weighted by Crippen LogP contribution is 2.34. The first-order valence-electron chi connectivity index (χ1n) is 3.87. The average molecular weight is 153 g/mol. The molecule has 1 aromatic rings. The predicted octanol–water partition coefficient (Wildman–Crippen LogP) is 0.798. The van der Waals surface area contributed by atoms with Crippen LogP contribution in [-0.2, 0) is 5.54 Å². The number of hydrogen-bond acceptors (Lipinski definition) is 4.